The highest BCUT2D eigenvalue weighted by Crippen LogP contribution is 2.36. The molecule has 0 bridgehead atoms. The number of amides is 4. The van der Waals surface area contributed by atoms with Crippen LogP contribution < -0.4 is 10.6 Å². The first kappa shape index (κ1) is 27.6. The normalized spacial score (nSPS) is 18.9. The number of pyridine rings is 1. The predicted octanol–water partition coefficient (Wildman–Crippen LogP) is 4.80. The molecular weight excluding hydrogens is 534 g/mol. The average molecular weight is 566 g/mol. The number of likely N-dealkylation sites (tertiary alicyclic amines) is 1. The number of carbonyl (C=O) groups is 4. The highest BCUT2D eigenvalue weighted by molar-refractivity contribution is 6.30. The van der Waals surface area contributed by atoms with Gasteiger partial charge in [0.2, 0.25) is 17.6 Å². The van der Waals surface area contributed by atoms with Crippen molar-refractivity contribution < 1.29 is 23.6 Å². The summed E-state index contributed by atoms with van der Waals surface area (Å²) in [6, 6.07) is 7.97. The Morgan fingerprint density at radius 1 is 0.975 bits per heavy atom. The molecule has 5 rings (SSSR count). The van der Waals surface area contributed by atoms with E-state index >= 15 is 0 Å². The second-order valence-corrected chi connectivity index (χ2v) is 11.0. The van der Waals surface area contributed by atoms with Crippen LogP contribution in [0, 0.1) is 11.8 Å². The molecule has 40 heavy (non-hydrogen) atoms. The van der Waals surface area contributed by atoms with Crippen molar-refractivity contribution in [1.82, 2.24) is 14.8 Å². The van der Waals surface area contributed by atoms with Crippen LogP contribution in [0.3, 0.4) is 0 Å². The second kappa shape index (κ2) is 11.7. The molecule has 4 amide bonds. The molecule has 2 aromatic heterocycles. The van der Waals surface area contributed by atoms with Crippen molar-refractivity contribution in [2.24, 2.45) is 11.8 Å². The van der Waals surface area contributed by atoms with E-state index in [1.807, 2.05) is 4.90 Å². The van der Waals surface area contributed by atoms with Gasteiger partial charge < -0.3 is 24.9 Å². The maximum atomic E-state index is 13.5. The van der Waals surface area contributed by atoms with E-state index in [0.29, 0.717) is 47.2 Å². The van der Waals surface area contributed by atoms with Crippen molar-refractivity contribution >= 4 is 57.7 Å². The molecule has 1 aliphatic heterocycles. The van der Waals surface area contributed by atoms with Gasteiger partial charge in [-0.15, -0.1) is 0 Å². The van der Waals surface area contributed by atoms with Crippen LogP contribution in [0.1, 0.15) is 59.4 Å². The lowest BCUT2D eigenvalue weighted by Crippen LogP contribution is -2.37. The summed E-state index contributed by atoms with van der Waals surface area (Å²) in [5, 5.41) is 6.45. The van der Waals surface area contributed by atoms with Gasteiger partial charge in [0, 0.05) is 56.2 Å². The Morgan fingerprint density at radius 3 is 2.33 bits per heavy atom. The number of nitrogens with one attached hydrogen (secondary N) is 2. The van der Waals surface area contributed by atoms with E-state index in [0.717, 1.165) is 25.9 Å². The van der Waals surface area contributed by atoms with Gasteiger partial charge in [-0.25, -0.2) is 4.98 Å². The van der Waals surface area contributed by atoms with Gasteiger partial charge in [0.15, 0.2) is 0 Å². The molecule has 2 aliphatic rings. The number of aromatic nitrogens is 1. The topological polar surface area (TPSA) is 125 Å². The minimum Gasteiger partial charge on any atom is -0.449 e. The van der Waals surface area contributed by atoms with E-state index in [4.69, 9.17) is 16.0 Å². The first-order valence-corrected chi connectivity index (χ1v) is 13.9. The fourth-order valence-electron chi connectivity index (χ4n) is 5.42. The molecule has 2 N–H and O–H groups in total. The SMILES string of the molecule is CN(C)C(=O)c1ccc2oc(C(=O)Nc3ccc(Cl)cn3)c(NC(=O)C3CCC(C(=O)N4CCCC4)CC3)c2c1. The number of hydrogen-bond acceptors (Lipinski definition) is 6. The van der Waals surface area contributed by atoms with E-state index in [1.165, 1.54) is 11.1 Å². The lowest BCUT2D eigenvalue weighted by Gasteiger charge is -2.29. The van der Waals surface area contributed by atoms with Crippen LogP contribution in [0.15, 0.2) is 40.9 Å². The van der Waals surface area contributed by atoms with E-state index in [1.54, 1.807) is 44.4 Å². The zero-order chi connectivity index (χ0) is 28.4. The molecule has 2 fully saturated rings. The highest BCUT2D eigenvalue weighted by Gasteiger charge is 2.34. The fourth-order valence-corrected chi connectivity index (χ4v) is 5.53. The van der Waals surface area contributed by atoms with E-state index in [2.05, 4.69) is 15.6 Å². The molecular formula is C29H32ClN5O5. The number of rotatable bonds is 6. The molecule has 1 saturated heterocycles. The fraction of sp³-hybridized carbons (Fsp3) is 0.414. The number of hydrogen-bond donors (Lipinski definition) is 2. The van der Waals surface area contributed by atoms with Gasteiger partial charge in [-0.3, -0.25) is 19.2 Å². The van der Waals surface area contributed by atoms with Gasteiger partial charge in [-0.1, -0.05) is 11.6 Å². The number of benzene rings is 1. The molecule has 0 spiro atoms. The summed E-state index contributed by atoms with van der Waals surface area (Å²) in [7, 11) is 3.29. The molecule has 1 aromatic carbocycles. The number of furan rings is 1. The molecule has 11 heteroatoms. The molecule has 0 radical (unpaired) electrons. The van der Waals surface area contributed by atoms with Crippen molar-refractivity contribution in [2.45, 2.75) is 38.5 Å². The van der Waals surface area contributed by atoms with Crippen molar-refractivity contribution in [2.75, 3.05) is 37.8 Å². The number of fused-ring (bicyclic) bond motifs is 1. The van der Waals surface area contributed by atoms with Crippen LogP contribution in [-0.4, -0.2) is 65.6 Å². The van der Waals surface area contributed by atoms with Crippen molar-refractivity contribution in [3.8, 4) is 0 Å². The second-order valence-electron chi connectivity index (χ2n) is 10.6. The van der Waals surface area contributed by atoms with Crippen LogP contribution in [0.5, 0.6) is 0 Å². The average Bonchev–Trinajstić information content (AvgIpc) is 3.62. The summed E-state index contributed by atoms with van der Waals surface area (Å²) >= 11 is 5.90. The van der Waals surface area contributed by atoms with Gasteiger partial charge in [0.05, 0.1) is 5.02 Å². The first-order chi connectivity index (χ1) is 19.2. The lowest BCUT2D eigenvalue weighted by molar-refractivity contribution is -0.136. The Hall–Kier alpha value is -3.92. The lowest BCUT2D eigenvalue weighted by atomic mass is 9.81. The third kappa shape index (κ3) is 5.82. The molecule has 10 nitrogen and oxygen atoms in total. The maximum absolute atomic E-state index is 13.5. The van der Waals surface area contributed by atoms with Crippen LogP contribution in [-0.2, 0) is 9.59 Å². The third-order valence-corrected chi connectivity index (χ3v) is 7.85. The Morgan fingerprint density at radius 2 is 1.68 bits per heavy atom. The summed E-state index contributed by atoms with van der Waals surface area (Å²) in [6.45, 7) is 1.64. The summed E-state index contributed by atoms with van der Waals surface area (Å²) in [4.78, 5) is 59.7. The largest absolute Gasteiger partial charge is 0.449 e. The summed E-state index contributed by atoms with van der Waals surface area (Å²) in [6.07, 6.45) is 5.95. The Balaban J connectivity index is 1.38. The van der Waals surface area contributed by atoms with Crippen LogP contribution in [0.2, 0.25) is 5.02 Å². The molecule has 3 aromatic rings. The number of carbonyl (C=O) groups excluding carboxylic acids is 4. The molecule has 0 atom stereocenters. The Kier molecular flexibility index (Phi) is 8.07. The molecule has 1 saturated carbocycles. The van der Waals surface area contributed by atoms with Crippen LogP contribution in [0.4, 0.5) is 11.5 Å². The zero-order valence-corrected chi connectivity index (χ0v) is 23.3. The minimum absolute atomic E-state index is 0.0512. The van der Waals surface area contributed by atoms with Crippen molar-refractivity contribution in [3.05, 3.63) is 52.9 Å². The quantitative estimate of drug-likeness (QED) is 0.442. The summed E-state index contributed by atoms with van der Waals surface area (Å²) in [5.74, 6) is -1.09. The number of anilines is 2. The van der Waals surface area contributed by atoms with Crippen molar-refractivity contribution in [1.29, 1.82) is 0 Å². The van der Waals surface area contributed by atoms with Crippen LogP contribution in [0.25, 0.3) is 11.0 Å². The summed E-state index contributed by atoms with van der Waals surface area (Å²) in [5.41, 5.74) is 0.927. The highest BCUT2D eigenvalue weighted by atomic mass is 35.5. The predicted molar refractivity (Wildman–Crippen MR) is 151 cm³/mol. The van der Waals surface area contributed by atoms with Gasteiger partial charge in [-0.2, -0.15) is 0 Å². The summed E-state index contributed by atoms with van der Waals surface area (Å²) < 4.78 is 5.89. The van der Waals surface area contributed by atoms with Crippen LogP contribution >= 0.6 is 11.6 Å². The standard InChI is InChI=1S/C29H32ClN5O5/c1-34(2)28(38)19-9-11-22-21(15-19)24(25(40-22)27(37)32-23-12-10-20(30)16-31-23)33-26(36)17-5-7-18(8-6-17)29(39)35-13-3-4-14-35/h9-12,15-18H,3-8,13-14H2,1-2H3,(H,33,36)(H,31,32,37). The van der Waals surface area contributed by atoms with E-state index < -0.39 is 5.91 Å². The molecule has 210 valence electrons. The van der Waals surface area contributed by atoms with Gasteiger partial charge in [0.1, 0.15) is 17.1 Å². The van der Waals surface area contributed by atoms with Gasteiger partial charge >= 0.3 is 0 Å². The third-order valence-electron chi connectivity index (χ3n) is 7.63. The number of nitrogens with zero attached hydrogens (tertiary/aromatic N) is 3. The first-order valence-electron chi connectivity index (χ1n) is 13.5. The minimum atomic E-state index is -0.610. The maximum Gasteiger partial charge on any atom is 0.294 e. The molecule has 3 heterocycles. The molecule has 1 aliphatic carbocycles. The Bertz CT molecular complexity index is 1440. The Labute approximate surface area is 237 Å². The zero-order valence-electron chi connectivity index (χ0n) is 22.5. The smallest absolute Gasteiger partial charge is 0.294 e. The van der Waals surface area contributed by atoms with Crippen molar-refractivity contribution in [3.63, 3.8) is 0 Å². The van der Waals surface area contributed by atoms with Gasteiger partial charge in [0.25, 0.3) is 11.8 Å². The number of halogens is 1. The monoisotopic (exact) mass is 565 g/mol. The molecule has 0 unspecified atom stereocenters. The van der Waals surface area contributed by atoms with E-state index in [-0.39, 0.29) is 46.8 Å². The van der Waals surface area contributed by atoms with E-state index in [9.17, 15) is 19.2 Å². The van der Waals surface area contributed by atoms with Gasteiger partial charge in [-0.05, 0) is 68.9 Å².